The molecule has 1 aliphatic carbocycles. The fourth-order valence-electron chi connectivity index (χ4n) is 3.37. The van der Waals surface area contributed by atoms with Gasteiger partial charge in [0.25, 0.3) is 5.91 Å². The third kappa shape index (κ3) is 3.43. The predicted molar refractivity (Wildman–Crippen MR) is 93.6 cm³/mol. The molecule has 0 unspecified atom stereocenters. The van der Waals surface area contributed by atoms with Crippen molar-refractivity contribution in [2.24, 2.45) is 0 Å². The van der Waals surface area contributed by atoms with Crippen LogP contribution in [0.25, 0.3) is 10.9 Å². The molecule has 1 aliphatic rings. The van der Waals surface area contributed by atoms with E-state index in [2.05, 4.69) is 10.3 Å². The van der Waals surface area contributed by atoms with E-state index in [1.165, 1.54) is 7.11 Å². The zero-order chi connectivity index (χ0) is 17.9. The van der Waals surface area contributed by atoms with Gasteiger partial charge in [-0.2, -0.15) is 0 Å². The molecule has 6 heteroatoms. The van der Waals surface area contributed by atoms with Gasteiger partial charge in [0.1, 0.15) is 17.0 Å². The van der Waals surface area contributed by atoms with E-state index >= 15 is 0 Å². The van der Waals surface area contributed by atoms with Crippen molar-refractivity contribution in [3.05, 3.63) is 36.0 Å². The van der Waals surface area contributed by atoms with Gasteiger partial charge in [0.05, 0.1) is 19.7 Å². The molecule has 1 aromatic heterocycles. The van der Waals surface area contributed by atoms with E-state index in [-0.39, 0.29) is 17.6 Å². The Bertz CT molecular complexity index is 797. The van der Waals surface area contributed by atoms with Gasteiger partial charge in [-0.05, 0) is 37.1 Å². The maximum atomic E-state index is 12.7. The number of pyridine rings is 1. The van der Waals surface area contributed by atoms with E-state index in [9.17, 15) is 9.59 Å². The van der Waals surface area contributed by atoms with Crippen LogP contribution in [-0.4, -0.2) is 36.6 Å². The van der Waals surface area contributed by atoms with Crippen LogP contribution < -0.4 is 10.1 Å². The highest BCUT2D eigenvalue weighted by Crippen LogP contribution is 2.30. The Kier molecular flexibility index (Phi) is 4.88. The molecule has 0 aliphatic heterocycles. The molecule has 0 atom stereocenters. The summed E-state index contributed by atoms with van der Waals surface area (Å²) in [5.41, 5.74) is 0.0383. The molecule has 6 nitrogen and oxygen atoms in total. The van der Waals surface area contributed by atoms with Gasteiger partial charge in [0, 0.05) is 5.39 Å². The molecule has 0 bridgehead atoms. The Labute approximate surface area is 146 Å². The van der Waals surface area contributed by atoms with Gasteiger partial charge in [-0.1, -0.05) is 25.3 Å². The molecule has 1 fully saturated rings. The Morgan fingerprint density at radius 3 is 2.52 bits per heavy atom. The molecule has 25 heavy (non-hydrogen) atoms. The van der Waals surface area contributed by atoms with Gasteiger partial charge < -0.3 is 14.8 Å². The summed E-state index contributed by atoms with van der Waals surface area (Å²) >= 11 is 0. The third-order valence-electron chi connectivity index (χ3n) is 4.77. The molecule has 132 valence electrons. The van der Waals surface area contributed by atoms with Gasteiger partial charge in [0.2, 0.25) is 0 Å². The fraction of sp³-hybridized carbons (Fsp3) is 0.421. The number of fused-ring (bicyclic) bond motifs is 1. The highest BCUT2D eigenvalue weighted by Gasteiger charge is 2.42. The number of esters is 1. The lowest BCUT2D eigenvalue weighted by Crippen LogP contribution is -2.56. The molecule has 1 amide bonds. The highest BCUT2D eigenvalue weighted by atomic mass is 16.5. The standard InChI is InChI=1S/C19H22N2O4/c1-24-14-7-9-15-13(12-14)6-8-16(20-15)17(22)21-19(18(23)25-2)10-4-3-5-11-19/h6-9,12H,3-5,10-11H2,1-2H3,(H,21,22). The number of benzene rings is 1. The van der Waals surface area contributed by atoms with Crippen molar-refractivity contribution in [3.8, 4) is 5.75 Å². The average molecular weight is 342 g/mol. The molecule has 2 aromatic rings. The number of methoxy groups -OCH3 is 2. The van der Waals surface area contributed by atoms with Gasteiger partial charge in [0.15, 0.2) is 0 Å². The minimum atomic E-state index is -0.944. The Morgan fingerprint density at radius 2 is 1.84 bits per heavy atom. The van der Waals surface area contributed by atoms with Crippen LogP contribution in [0, 0.1) is 0 Å². The summed E-state index contributed by atoms with van der Waals surface area (Å²) in [4.78, 5) is 29.4. The number of ether oxygens (including phenoxy) is 2. The number of aromatic nitrogens is 1. The summed E-state index contributed by atoms with van der Waals surface area (Å²) in [7, 11) is 2.96. The Balaban J connectivity index is 1.86. The molecule has 3 rings (SSSR count). The molecular formula is C19H22N2O4. The van der Waals surface area contributed by atoms with Gasteiger partial charge in [-0.3, -0.25) is 4.79 Å². The lowest BCUT2D eigenvalue weighted by molar-refractivity contribution is -0.149. The van der Waals surface area contributed by atoms with Crippen molar-refractivity contribution in [1.82, 2.24) is 10.3 Å². The van der Waals surface area contributed by atoms with E-state index in [4.69, 9.17) is 9.47 Å². The fourth-order valence-corrected chi connectivity index (χ4v) is 3.37. The third-order valence-corrected chi connectivity index (χ3v) is 4.77. The second kappa shape index (κ2) is 7.09. The van der Waals surface area contributed by atoms with Crippen LogP contribution in [0.15, 0.2) is 30.3 Å². The normalized spacial score (nSPS) is 16.2. The van der Waals surface area contributed by atoms with Crippen LogP contribution in [-0.2, 0) is 9.53 Å². The summed E-state index contributed by atoms with van der Waals surface area (Å²) in [6, 6.07) is 8.95. The van der Waals surface area contributed by atoms with Crippen molar-refractivity contribution in [2.45, 2.75) is 37.6 Å². The molecule has 0 saturated heterocycles. The first kappa shape index (κ1) is 17.2. The largest absolute Gasteiger partial charge is 0.497 e. The summed E-state index contributed by atoms with van der Waals surface area (Å²) in [6.07, 6.45) is 4.03. The average Bonchev–Trinajstić information content (AvgIpc) is 2.67. The zero-order valence-corrected chi connectivity index (χ0v) is 14.5. The number of carbonyl (C=O) groups excluding carboxylic acids is 2. The van der Waals surface area contributed by atoms with E-state index in [1.807, 2.05) is 18.2 Å². The SMILES string of the molecule is COC(=O)C1(NC(=O)c2ccc3cc(OC)ccc3n2)CCCCC1. The zero-order valence-electron chi connectivity index (χ0n) is 14.5. The van der Waals surface area contributed by atoms with Crippen molar-refractivity contribution in [2.75, 3.05) is 14.2 Å². The molecule has 0 radical (unpaired) electrons. The van der Waals surface area contributed by atoms with Crippen molar-refractivity contribution in [3.63, 3.8) is 0 Å². The van der Waals surface area contributed by atoms with Crippen LogP contribution in [0.3, 0.4) is 0 Å². The predicted octanol–water partition coefficient (Wildman–Crippen LogP) is 2.85. The van der Waals surface area contributed by atoms with Crippen molar-refractivity contribution in [1.29, 1.82) is 0 Å². The number of nitrogens with zero attached hydrogens (tertiary/aromatic N) is 1. The minimum Gasteiger partial charge on any atom is -0.497 e. The molecule has 1 saturated carbocycles. The number of amides is 1. The molecular weight excluding hydrogens is 320 g/mol. The summed E-state index contributed by atoms with van der Waals surface area (Å²) in [5, 5.41) is 3.77. The molecule has 1 heterocycles. The first-order chi connectivity index (χ1) is 12.1. The van der Waals surface area contributed by atoms with Crippen molar-refractivity contribution >= 4 is 22.8 Å². The topological polar surface area (TPSA) is 77.5 Å². The number of rotatable bonds is 4. The summed E-state index contributed by atoms with van der Waals surface area (Å²) < 4.78 is 10.1. The number of hydrogen-bond acceptors (Lipinski definition) is 5. The van der Waals surface area contributed by atoms with Crippen LogP contribution in [0.5, 0.6) is 5.75 Å². The van der Waals surface area contributed by atoms with Crippen LogP contribution >= 0.6 is 0 Å². The van der Waals surface area contributed by atoms with Crippen LogP contribution in [0.1, 0.15) is 42.6 Å². The van der Waals surface area contributed by atoms with E-state index < -0.39 is 5.54 Å². The lowest BCUT2D eigenvalue weighted by Gasteiger charge is -2.35. The summed E-state index contributed by atoms with van der Waals surface area (Å²) in [6.45, 7) is 0. The first-order valence-corrected chi connectivity index (χ1v) is 8.44. The minimum absolute atomic E-state index is 0.284. The Morgan fingerprint density at radius 1 is 1.08 bits per heavy atom. The lowest BCUT2D eigenvalue weighted by atomic mass is 9.81. The Hall–Kier alpha value is -2.63. The van der Waals surface area contributed by atoms with Crippen LogP contribution in [0.2, 0.25) is 0 Å². The van der Waals surface area contributed by atoms with Gasteiger partial charge in [-0.25, -0.2) is 9.78 Å². The second-order valence-corrected chi connectivity index (χ2v) is 6.34. The first-order valence-electron chi connectivity index (χ1n) is 8.44. The highest BCUT2D eigenvalue weighted by molar-refractivity contribution is 5.98. The molecule has 1 N–H and O–H groups in total. The van der Waals surface area contributed by atoms with E-state index in [0.717, 1.165) is 30.4 Å². The molecule has 0 spiro atoms. The maximum Gasteiger partial charge on any atom is 0.331 e. The van der Waals surface area contributed by atoms with Crippen molar-refractivity contribution < 1.29 is 19.1 Å². The summed E-state index contributed by atoms with van der Waals surface area (Å²) in [5.74, 6) is -0.00514. The van der Waals surface area contributed by atoms with Gasteiger partial charge >= 0.3 is 5.97 Å². The maximum absolute atomic E-state index is 12.7. The number of carbonyl (C=O) groups is 2. The quantitative estimate of drug-likeness (QED) is 0.865. The molecule has 1 aromatic carbocycles. The number of nitrogens with one attached hydrogen (secondary N) is 1. The number of hydrogen-bond donors (Lipinski definition) is 1. The van der Waals surface area contributed by atoms with Crippen LogP contribution in [0.4, 0.5) is 0 Å². The van der Waals surface area contributed by atoms with E-state index in [0.29, 0.717) is 18.4 Å². The van der Waals surface area contributed by atoms with Gasteiger partial charge in [-0.15, -0.1) is 0 Å². The smallest absolute Gasteiger partial charge is 0.331 e. The van der Waals surface area contributed by atoms with E-state index in [1.54, 1.807) is 19.2 Å². The monoisotopic (exact) mass is 342 g/mol. The second-order valence-electron chi connectivity index (χ2n) is 6.34.